The number of rotatable bonds is 0. The summed E-state index contributed by atoms with van der Waals surface area (Å²) < 4.78 is 5.49. The molecule has 0 amide bonds. The van der Waals surface area contributed by atoms with E-state index in [1.54, 1.807) is 0 Å². The zero-order valence-corrected chi connectivity index (χ0v) is 7.44. The van der Waals surface area contributed by atoms with Gasteiger partial charge in [-0.3, -0.25) is 0 Å². The summed E-state index contributed by atoms with van der Waals surface area (Å²) in [5, 5.41) is 0. The van der Waals surface area contributed by atoms with E-state index in [4.69, 9.17) is 0 Å². The predicted octanol–water partition coefficient (Wildman–Crippen LogP) is 0.442. The van der Waals surface area contributed by atoms with Crippen LogP contribution in [0.5, 0.6) is 0 Å². The molecular weight excluding hydrogens is 278 g/mol. The van der Waals surface area contributed by atoms with Crippen LogP contribution in [0.25, 0.3) is 0 Å². The molecule has 46 valence electrons. The van der Waals surface area contributed by atoms with Crippen molar-refractivity contribution in [1.82, 2.24) is 9.13 Å². The number of hydrogen-bond donors (Lipinski definition) is 0. The summed E-state index contributed by atoms with van der Waals surface area (Å²) in [6, 6.07) is 0. The van der Waals surface area contributed by atoms with Crippen LogP contribution in [0, 0.1) is 3.97 Å². The third kappa shape index (κ3) is 0.832. The van der Waals surface area contributed by atoms with Gasteiger partial charge in [-0.05, 0) is 0 Å². The standard InChI is InChI=1S/C5H8N2.Os/c1-6-3-4-7(2)5-6;/h3-4H,1-2H3;. The van der Waals surface area contributed by atoms with E-state index in [0.29, 0.717) is 0 Å². The van der Waals surface area contributed by atoms with Crippen LogP contribution in [0.1, 0.15) is 0 Å². The van der Waals surface area contributed by atoms with Gasteiger partial charge < -0.3 is 0 Å². The van der Waals surface area contributed by atoms with E-state index >= 15 is 0 Å². The van der Waals surface area contributed by atoms with Gasteiger partial charge in [0, 0.05) is 0 Å². The Morgan fingerprint density at radius 3 is 1.75 bits per heavy atom. The molecule has 1 heterocycles. The normalized spacial score (nSPS) is 9.88. The first kappa shape index (κ1) is 5.97. The van der Waals surface area contributed by atoms with E-state index in [9.17, 15) is 0 Å². The Morgan fingerprint density at radius 2 is 1.62 bits per heavy atom. The van der Waals surface area contributed by atoms with Gasteiger partial charge in [0.1, 0.15) is 0 Å². The van der Waals surface area contributed by atoms with Gasteiger partial charge in [-0.2, -0.15) is 0 Å². The summed E-state index contributed by atoms with van der Waals surface area (Å²) in [6.07, 6.45) is 4.09. The Hall–Kier alpha value is -0.154. The molecule has 1 rings (SSSR count). The van der Waals surface area contributed by atoms with Crippen molar-refractivity contribution in [1.29, 1.82) is 0 Å². The second kappa shape index (κ2) is 1.99. The molecule has 0 saturated heterocycles. The fourth-order valence-electron chi connectivity index (χ4n) is 0.568. The Balaban J connectivity index is 3.42. The maximum atomic E-state index is 2.10. The average molecular weight is 286 g/mol. The Labute approximate surface area is 58.2 Å². The molecule has 8 heavy (non-hydrogen) atoms. The number of imidazole rings is 1. The van der Waals surface area contributed by atoms with Gasteiger partial charge >= 0.3 is 57.7 Å². The minimum absolute atomic E-state index is 1.30. The van der Waals surface area contributed by atoms with Crippen LogP contribution in [0.15, 0.2) is 12.4 Å². The van der Waals surface area contributed by atoms with Gasteiger partial charge in [-0.1, -0.05) is 0 Å². The summed E-state index contributed by atoms with van der Waals surface area (Å²) in [6.45, 7) is 0. The zero-order chi connectivity index (χ0) is 6.15. The molecule has 0 N–H and O–H groups in total. The second-order valence-corrected chi connectivity index (χ2v) is 2.91. The van der Waals surface area contributed by atoms with Crippen molar-refractivity contribution < 1.29 is 18.1 Å². The van der Waals surface area contributed by atoms with E-state index in [1.807, 2.05) is 44.6 Å². The number of aromatic nitrogens is 2. The van der Waals surface area contributed by atoms with Crippen LogP contribution in [0.2, 0.25) is 0 Å². The first-order valence-electron chi connectivity index (χ1n) is 2.37. The fraction of sp³-hybridized carbons (Fsp3) is 0.400. The molecule has 0 fully saturated rings. The molecule has 0 radical (unpaired) electrons. The summed E-state index contributed by atoms with van der Waals surface area (Å²) in [5.41, 5.74) is 0. The molecule has 0 saturated carbocycles. The quantitative estimate of drug-likeness (QED) is 0.655. The van der Waals surface area contributed by atoms with Crippen LogP contribution >= 0.6 is 0 Å². The van der Waals surface area contributed by atoms with Crippen LogP contribution in [0.4, 0.5) is 0 Å². The molecule has 0 aromatic carbocycles. The van der Waals surface area contributed by atoms with Gasteiger partial charge in [0.05, 0.1) is 0 Å². The van der Waals surface area contributed by atoms with E-state index in [1.165, 1.54) is 3.97 Å². The van der Waals surface area contributed by atoms with Crippen LogP contribution < -0.4 is 0 Å². The molecular formula is C5H8N2Os. The van der Waals surface area contributed by atoms with E-state index in [-0.39, 0.29) is 0 Å². The van der Waals surface area contributed by atoms with Crippen molar-refractivity contribution in [2.75, 3.05) is 0 Å². The molecule has 0 unspecified atom stereocenters. The van der Waals surface area contributed by atoms with E-state index < -0.39 is 0 Å². The third-order valence-electron chi connectivity index (χ3n) is 1.08. The number of nitrogens with zero attached hydrogens (tertiary/aromatic N) is 2. The molecule has 1 aromatic heterocycles. The van der Waals surface area contributed by atoms with Crippen LogP contribution in [0.3, 0.4) is 0 Å². The van der Waals surface area contributed by atoms with Crippen LogP contribution in [-0.2, 0) is 32.2 Å². The van der Waals surface area contributed by atoms with Gasteiger partial charge in [-0.25, -0.2) is 0 Å². The van der Waals surface area contributed by atoms with Crippen molar-refractivity contribution in [3.05, 3.63) is 16.4 Å². The van der Waals surface area contributed by atoms with Gasteiger partial charge in [0.2, 0.25) is 0 Å². The van der Waals surface area contributed by atoms with Gasteiger partial charge in [0.15, 0.2) is 0 Å². The van der Waals surface area contributed by atoms with E-state index in [2.05, 4.69) is 9.13 Å². The van der Waals surface area contributed by atoms with Gasteiger partial charge in [0.25, 0.3) is 0 Å². The van der Waals surface area contributed by atoms with Crippen molar-refractivity contribution in [2.24, 2.45) is 14.1 Å². The SMILES string of the molecule is Cn1ccn(C)[c]1=[Os]. The van der Waals surface area contributed by atoms with Crippen molar-refractivity contribution in [3.8, 4) is 0 Å². The Kier molecular flexibility index (Phi) is 1.49. The van der Waals surface area contributed by atoms with E-state index in [0.717, 1.165) is 0 Å². The monoisotopic (exact) mass is 288 g/mol. The molecule has 0 aliphatic rings. The third-order valence-corrected chi connectivity index (χ3v) is 2.87. The summed E-state index contributed by atoms with van der Waals surface area (Å²) in [4.78, 5) is 0. The predicted molar refractivity (Wildman–Crippen MR) is 27.6 cm³/mol. The first-order chi connectivity index (χ1) is 3.72. The van der Waals surface area contributed by atoms with Gasteiger partial charge in [-0.15, -0.1) is 0 Å². The molecule has 0 aliphatic carbocycles. The molecule has 2 nitrogen and oxygen atoms in total. The van der Waals surface area contributed by atoms with Crippen molar-refractivity contribution >= 4 is 0 Å². The Morgan fingerprint density at radius 1 is 1.25 bits per heavy atom. The number of hydrogen-bond acceptors (Lipinski definition) is 0. The second-order valence-electron chi connectivity index (χ2n) is 1.78. The summed E-state index contributed by atoms with van der Waals surface area (Å²) in [5.74, 6) is 0. The topological polar surface area (TPSA) is 9.86 Å². The van der Waals surface area contributed by atoms with Crippen molar-refractivity contribution in [2.45, 2.75) is 0 Å². The molecule has 0 spiro atoms. The molecule has 0 aliphatic heterocycles. The molecule has 3 heteroatoms. The van der Waals surface area contributed by atoms with Crippen LogP contribution in [-0.4, -0.2) is 9.13 Å². The molecule has 1 aromatic rings. The fourth-order valence-corrected chi connectivity index (χ4v) is 0.947. The first-order valence-corrected chi connectivity index (χ1v) is 3.64. The molecule has 0 atom stereocenters. The van der Waals surface area contributed by atoms with Crippen molar-refractivity contribution in [3.63, 3.8) is 0 Å². The molecule has 0 bridgehead atoms. The summed E-state index contributed by atoms with van der Waals surface area (Å²) in [7, 11) is 4.09. The summed E-state index contributed by atoms with van der Waals surface area (Å²) >= 11 is 1.89. The minimum atomic E-state index is 1.30. The maximum absolute atomic E-state index is 2.10. The Bertz CT molecular complexity index is 210. The average Bonchev–Trinajstić information content (AvgIpc) is 1.98. The zero-order valence-electron chi connectivity index (χ0n) is 4.90. The number of aryl methyl sites for hydroxylation is 2.